The van der Waals surface area contributed by atoms with E-state index in [9.17, 15) is 25.5 Å². The molecule has 0 amide bonds. The van der Waals surface area contributed by atoms with E-state index in [2.05, 4.69) is 48.1 Å². The highest BCUT2D eigenvalue weighted by atomic mass is 16.7. The standard InChI is InChI=1S/C36H60O7/c1-20(2)21-10-15-36(19-38)17-16-34(6)22(27(21)36)8-9-25-33(5)13-12-26(32(3,4)24(33)11-14-35(25,34)7)43-31-30(41)29(40)28(39)23(18-37)42-31/h21-31,37-41H,1,8-19H2,2-7H3/t21-,22?,23+,24?,25?,26-,27?,28+,29-,30-,31?,33-,34+,35+,36+/m0/s1. The molecule has 5 unspecified atom stereocenters. The first kappa shape index (κ1) is 32.4. The number of ether oxygens (including phenoxy) is 2. The summed E-state index contributed by atoms with van der Waals surface area (Å²) < 4.78 is 12.3. The fraction of sp³-hybridized carbons (Fsp3) is 0.944. The minimum absolute atomic E-state index is 0.0693. The van der Waals surface area contributed by atoms with Crippen LogP contribution in [-0.4, -0.2) is 75.6 Å². The molecular weight excluding hydrogens is 544 g/mol. The molecule has 7 heteroatoms. The van der Waals surface area contributed by atoms with Crippen LogP contribution in [0.3, 0.4) is 0 Å². The van der Waals surface area contributed by atoms with Gasteiger partial charge in [-0.2, -0.15) is 0 Å². The smallest absolute Gasteiger partial charge is 0.186 e. The lowest BCUT2D eigenvalue weighted by atomic mass is 9.32. The van der Waals surface area contributed by atoms with E-state index in [-0.39, 0.29) is 33.2 Å². The van der Waals surface area contributed by atoms with E-state index < -0.39 is 37.3 Å². The van der Waals surface area contributed by atoms with E-state index in [1.807, 2.05) is 0 Å². The summed E-state index contributed by atoms with van der Waals surface area (Å²) in [7, 11) is 0. The highest BCUT2D eigenvalue weighted by molar-refractivity contribution is 5.21. The normalized spacial score (nSPS) is 55.9. The molecule has 15 atom stereocenters. The summed E-state index contributed by atoms with van der Waals surface area (Å²) >= 11 is 0. The van der Waals surface area contributed by atoms with Crippen molar-refractivity contribution in [3.05, 3.63) is 12.2 Å². The lowest BCUT2D eigenvalue weighted by Crippen LogP contribution is -2.67. The maximum absolute atomic E-state index is 10.8. The van der Waals surface area contributed by atoms with Crippen molar-refractivity contribution in [1.82, 2.24) is 0 Å². The molecule has 0 bridgehead atoms. The van der Waals surface area contributed by atoms with Crippen LogP contribution < -0.4 is 0 Å². The van der Waals surface area contributed by atoms with Gasteiger partial charge < -0.3 is 35.0 Å². The third kappa shape index (κ3) is 4.38. The first-order chi connectivity index (χ1) is 20.1. The number of hydrogen-bond acceptors (Lipinski definition) is 7. The van der Waals surface area contributed by atoms with Crippen LogP contribution in [0.5, 0.6) is 0 Å². The van der Waals surface area contributed by atoms with Gasteiger partial charge in [-0.1, -0.05) is 46.8 Å². The van der Waals surface area contributed by atoms with Crippen LogP contribution >= 0.6 is 0 Å². The molecule has 43 heavy (non-hydrogen) atoms. The second-order valence-corrected chi connectivity index (χ2v) is 17.4. The summed E-state index contributed by atoms with van der Waals surface area (Å²) in [4.78, 5) is 0. The fourth-order valence-electron chi connectivity index (χ4n) is 13.1. The number of aliphatic hydroxyl groups excluding tert-OH is 5. The maximum atomic E-state index is 10.8. The van der Waals surface area contributed by atoms with E-state index in [0.29, 0.717) is 36.2 Å². The zero-order valence-corrected chi connectivity index (χ0v) is 27.6. The molecule has 1 heterocycles. The second-order valence-electron chi connectivity index (χ2n) is 17.4. The third-order valence-electron chi connectivity index (χ3n) is 15.6. The van der Waals surface area contributed by atoms with Gasteiger partial charge >= 0.3 is 0 Å². The van der Waals surface area contributed by atoms with Gasteiger partial charge in [-0.3, -0.25) is 0 Å². The molecule has 5 N–H and O–H groups in total. The Kier molecular flexibility index (Phi) is 8.10. The van der Waals surface area contributed by atoms with Gasteiger partial charge in [0.2, 0.25) is 0 Å². The van der Waals surface area contributed by atoms with Gasteiger partial charge in [-0.15, -0.1) is 0 Å². The average Bonchev–Trinajstić information content (AvgIpc) is 3.35. The van der Waals surface area contributed by atoms with Crippen LogP contribution in [0.4, 0.5) is 0 Å². The molecule has 6 aliphatic rings. The highest BCUT2D eigenvalue weighted by Crippen LogP contribution is 2.77. The van der Waals surface area contributed by atoms with E-state index in [4.69, 9.17) is 9.47 Å². The average molecular weight is 605 g/mol. The summed E-state index contributed by atoms with van der Waals surface area (Å²) in [5, 5.41) is 51.8. The van der Waals surface area contributed by atoms with E-state index in [1.165, 1.54) is 37.7 Å². The monoisotopic (exact) mass is 604 g/mol. The Bertz CT molecular complexity index is 1080. The quantitative estimate of drug-likeness (QED) is 0.225. The van der Waals surface area contributed by atoms with Crippen molar-refractivity contribution in [3.8, 4) is 0 Å². The molecule has 0 aromatic rings. The summed E-state index contributed by atoms with van der Waals surface area (Å²) in [5.41, 5.74) is 1.83. The Morgan fingerprint density at radius 1 is 0.791 bits per heavy atom. The van der Waals surface area contributed by atoms with E-state index in [1.54, 1.807) is 0 Å². The van der Waals surface area contributed by atoms with Crippen molar-refractivity contribution in [2.24, 2.45) is 56.7 Å². The summed E-state index contributed by atoms with van der Waals surface area (Å²) in [6.07, 6.45) is 4.94. The zero-order valence-electron chi connectivity index (χ0n) is 27.6. The van der Waals surface area contributed by atoms with Crippen LogP contribution in [-0.2, 0) is 9.47 Å². The second kappa shape index (κ2) is 10.7. The summed E-state index contributed by atoms with van der Waals surface area (Å²) in [6.45, 7) is 19.0. The van der Waals surface area contributed by atoms with Crippen molar-refractivity contribution in [2.75, 3.05) is 13.2 Å². The Hall–Kier alpha value is -0.540. The zero-order chi connectivity index (χ0) is 31.3. The Morgan fingerprint density at radius 2 is 1.51 bits per heavy atom. The molecule has 5 saturated carbocycles. The van der Waals surface area contributed by atoms with Crippen LogP contribution in [0.1, 0.15) is 106 Å². The number of fused-ring (bicyclic) bond motifs is 7. The van der Waals surface area contributed by atoms with Gasteiger partial charge in [0.25, 0.3) is 0 Å². The molecule has 0 radical (unpaired) electrons. The molecule has 1 saturated heterocycles. The lowest BCUT2D eigenvalue weighted by molar-refractivity contribution is -0.332. The van der Waals surface area contributed by atoms with Crippen LogP contribution in [0, 0.1) is 56.7 Å². The van der Waals surface area contributed by atoms with Crippen LogP contribution in [0.25, 0.3) is 0 Å². The molecule has 1 aliphatic heterocycles. The summed E-state index contributed by atoms with van der Waals surface area (Å²) in [6, 6.07) is 0. The van der Waals surface area contributed by atoms with Crippen LogP contribution in [0.2, 0.25) is 0 Å². The Morgan fingerprint density at radius 3 is 2.16 bits per heavy atom. The molecular formula is C36H60O7. The first-order valence-electron chi connectivity index (χ1n) is 17.3. The van der Waals surface area contributed by atoms with Gasteiger partial charge in [0.15, 0.2) is 6.29 Å². The maximum Gasteiger partial charge on any atom is 0.186 e. The molecule has 0 aromatic carbocycles. The molecule has 246 valence electrons. The van der Waals surface area contributed by atoms with Crippen molar-refractivity contribution in [2.45, 2.75) is 143 Å². The minimum atomic E-state index is -1.43. The van der Waals surface area contributed by atoms with Gasteiger partial charge in [0.1, 0.15) is 24.4 Å². The SMILES string of the molecule is C=C(C)[C@@H]1CC[C@]2(CO)CC[C@]3(C)C(CCC4[C@@]5(C)CC[C@H](OC6O[C@H](CO)[C@@H](O)[C@H](O)[C@@H]6O)C(C)(C)C5CC[C@]43C)C12. The topological polar surface area (TPSA) is 120 Å². The molecule has 6 rings (SSSR count). The summed E-state index contributed by atoms with van der Waals surface area (Å²) in [5.74, 6) is 2.74. The molecule has 7 nitrogen and oxygen atoms in total. The third-order valence-corrected chi connectivity index (χ3v) is 15.6. The molecule has 6 fully saturated rings. The molecule has 5 aliphatic carbocycles. The van der Waals surface area contributed by atoms with E-state index in [0.717, 1.165) is 32.1 Å². The van der Waals surface area contributed by atoms with Gasteiger partial charge in [0, 0.05) is 6.61 Å². The number of hydrogen-bond donors (Lipinski definition) is 5. The fourth-order valence-corrected chi connectivity index (χ4v) is 13.1. The van der Waals surface area contributed by atoms with Crippen molar-refractivity contribution >= 4 is 0 Å². The van der Waals surface area contributed by atoms with Crippen molar-refractivity contribution in [1.29, 1.82) is 0 Å². The highest BCUT2D eigenvalue weighted by Gasteiger charge is 2.71. The number of aliphatic hydroxyl groups is 5. The molecule has 0 aromatic heterocycles. The largest absolute Gasteiger partial charge is 0.396 e. The Labute approximate surface area is 259 Å². The van der Waals surface area contributed by atoms with Gasteiger partial charge in [0.05, 0.1) is 12.7 Å². The Balaban J connectivity index is 1.26. The van der Waals surface area contributed by atoms with E-state index >= 15 is 0 Å². The number of allylic oxidation sites excluding steroid dienone is 1. The predicted molar refractivity (Wildman–Crippen MR) is 165 cm³/mol. The van der Waals surface area contributed by atoms with Gasteiger partial charge in [-0.25, -0.2) is 0 Å². The van der Waals surface area contributed by atoms with Crippen LogP contribution in [0.15, 0.2) is 12.2 Å². The van der Waals surface area contributed by atoms with Crippen molar-refractivity contribution in [3.63, 3.8) is 0 Å². The number of rotatable bonds is 5. The molecule has 0 spiro atoms. The van der Waals surface area contributed by atoms with Crippen molar-refractivity contribution < 1.29 is 35.0 Å². The minimum Gasteiger partial charge on any atom is -0.396 e. The van der Waals surface area contributed by atoms with Gasteiger partial charge in [-0.05, 0) is 128 Å². The predicted octanol–water partition coefficient (Wildman–Crippen LogP) is 4.82. The first-order valence-corrected chi connectivity index (χ1v) is 17.3. The lowest BCUT2D eigenvalue weighted by Gasteiger charge is -2.73.